The Bertz CT molecular complexity index is 1150. The third kappa shape index (κ3) is 4.22. The molecule has 1 fully saturated rings. The van der Waals surface area contributed by atoms with Crippen molar-refractivity contribution >= 4 is 33.4 Å². The van der Waals surface area contributed by atoms with Crippen LogP contribution in [-0.4, -0.2) is 56.7 Å². The molecule has 2 aliphatic heterocycles. The average Bonchev–Trinajstić information content (AvgIpc) is 3.36. The van der Waals surface area contributed by atoms with E-state index in [9.17, 15) is 22.8 Å². The molecule has 2 aromatic carbocycles. The van der Waals surface area contributed by atoms with Crippen molar-refractivity contribution < 1.29 is 27.5 Å². The lowest BCUT2D eigenvalue weighted by atomic mass is 10.1. The van der Waals surface area contributed by atoms with Crippen molar-refractivity contribution in [1.82, 2.24) is 9.62 Å². The number of hydrogen-bond acceptors (Lipinski definition) is 6. The van der Waals surface area contributed by atoms with E-state index in [4.69, 9.17) is 4.74 Å². The van der Waals surface area contributed by atoms with Gasteiger partial charge in [0.1, 0.15) is 0 Å². The van der Waals surface area contributed by atoms with E-state index in [-0.39, 0.29) is 34.2 Å². The number of carbonyl (C=O) groups is 3. The van der Waals surface area contributed by atoms with E-state index in [1.54, 1.807) is 0 Å². The van der Waals surface area contributed by atoms with Crippen LogP contribution in [0.25, 0.3) is 0 Å². The van der Waals surface area contributed by atoms with Crippen LogP contribution in [0.1, 0.15) is 43.9 Å². The van der Waals surface area contributed by atoms with Crippen molar-refractivity contribution in [3.05, 3.63) is 59.2 Å². The van der Waals surface area contributed by atoms with Gasteiger partial charge in [0.25, 0.3) is 17.7 Å². The Labute approximate surface area is 179 Å². The van der Waals surface area contributed by atoms with E-state index in [1.165, 1.54) is 53.8 Å². The molecule has 0 spiro atoms. The normalized spacial score (nSPS) is 18.2. The summed E-state index contributed by atoms with van der Waals surface area (Å²) in [6.07, 6.45) is 1.65. The van der Waals surface area contributed by atoms with Gasteiger partial charge in [-0.25, -0.2) is 8.42 Å². The van der Waals surface area contributed by atoms with Crippen LogP contribution >= 0.6 is 0 Å². The molecule has 2 N–H and O–H groups in total. The summed E-state index contributed by atoms with van der Waals surface area (Å²) in [5, 5.41) is 4.83. The highest BCUT2D eigenvalue weighted by atomic mass is 32.2. The van der Waals surface area contributed by atoms with Crippen LogP contribution in [0.5, 0.6) is 0 Å². The number of imide groups is 1. The van der Waals surface area contributed by atoms with Crippen molar-refractivity contribution in [1.29, 1.82) is 0 Å². The highest BCUT2D eigenvalue weighted by Gasteiger charge is 2.28. The highest BCUT2D eigenvalue weighted by molar-refractivity contribution is 7.89. The summed E-state index contributed by atoms with van der Waals surface area (Å²) in [7, 11) is -2.19. The Balaban J connectivity index is 1.45. The number of nitrogens with one attached hydrogen (secondary N) is 2. The molecule has 0 saturated carbocycles. The summed E-state index contributed by atoms with van der Waals surface area (Å²) in [6, 6.07) is 10.0. The quantitative estimate of drug-likeness (QED) is 0.655. The zero-order valence-corrected chi connectivity index (χ0v) is 17.6. The van der Waals surface area contributed by atoms with Crippen molar-refractivity contribution in [3.63, 3.8) is 0 Å². The molecular weight excluding hydrogens is 422 g/mol. The maximum Gasteiger partial charge on any atom is 0.259 e. The molecule has 0 bridgehead atoms. The second kappa shape index (κ2) is 8.22. The topological polar surface area (TPSA) is 122 Å². The molecule has 2 aliphatic rings. The Hall–Kier alpha value is -3.08. The molecule has 0 aliphatic carbocycles. The summed E-state index contributed by atoms with van der Waals surface area (Å²) in [4.78, 5) is 36.0. The van der Waals surface area contributed by atoms with Gasteiger partial charge in [0.2, 0.25) is 10.0 Å². The average molecular weight is 443 g/mol. The third-order valence-electron chi connectivity index (χ3n) is 5.30. The number of hydrogen-bond donors (Lipinski definition) is 2. The Morgan fingerprint density at radius 2 is 1.84 bits per heavy atom. The molecule has 0 aromatic heterocycles. The monoisotopic (exact) mass is 443 g/mol. The smallest absolute Gasteiger partial charge is 0.259 e. The fourth-order valence-electron chi connectivity index (χ4n) is 3.58. The molecule has 2 aromatic rings. The van der Waals surface area contributed by atoms with Gasteiger partial charge in [-0.05, 0) is 55.3 Å². The molecule has 1 saturated heterocycles. The van der Waals surface area contributed by atoms with Crippen LogP contribution in [0.3, 0.4) is 0 Å². The van der Waals surface area contributed by atoms with E-state index >= 15 is 0 Å². The number of anilines is 1. The third-order valence-corrected chi connectivity index (χ3v) is 7.14. The number of fused-ring (bicyclic) bond motifs is 1. The maximum atomic E-state index is 12.8. The van der Waals surface area contributed by atoms with Gasteiger partial charge >= 0.3 is 0 Å². The van der Waals surface area contributed by atoms with Crippen molar-refractivity contribution in [2.75, 3.05) is 25.5 Å². The zero-order valence-electron chi connectivity index (χ0n) is 16.8. The molecule has 1 atom stereocenters. The molecule has 31 heavy (non-hydrogen) atoms. The van der Waals surface area contributed by atoms with Gasteiger partial charge in [-0.3, -0.25) is 19.7 Å². The van der Waals surface area contributed by atoms with Gasteiger partial charge in [0.05, 0.1) is 22.1 Å². The molecule has 0 radical (unpaired) electrons. The number of rotatable bonds is 6. The SMILES string of the molecule is CN(C[C@@H]1CCCO1)S(=O)(=O)c1ccc(C(=O)Nc2ccc3c(c2)C(=O)NC3=O)cc1. The summed E-state index contributed by atoms with van der Waals surface area (Å²) in [5.74, 6) is -1.46. The first-order valence-electron chi connectivity index (χ1n) is 9.75. The Morgan fingerprint density at radius 3 is 2.52 bits per heavy atom. The second-order valence-corrected chi connectivity index (χ2v) is 9.49. The van der Waals surface area contributed by atoms with E-state index in [0.717, 1.165) is 12.8 Å². The van der Waals surface area contributed by atoms with Crippen LogP contribution in [0.2, 0.25) is 0 Å². The van der Waals surface area contributed by atoms with E-state index in [2.05, 4.69) is 10.6 Å². The highest BCUT2D eigenvalue weighted by Crippen LogP contribution is 2.22. The minimum absolute atomic E-state index is 0.0808. The van der Waals surface area contributed by atoms with Crippen molar-refractivity contribution in [3.8, 4) is 0 Å². The summed E-state index contributed by atoms with van der Waals surface area (Å²) >= 11 is 0. The molecule has 3 amide bonds. The standard InChI is InChI=1S/C21H21N3O6S/c1-24(12-15-3-2-10-30-15)31(28,29)16-7-4-13(5-8-16)19(25)22-14-6-9-17-18(11-14)21(27)23-20(17)26/h4-9,11,15H,2-3,10,12H2,1H3,(H,22,25)(H,23,26,27)/t15-/m0/s1. The first kappa shape index (κ1) is 21.2. The van der Waals surface area contributed by atoms with Crippen LogP contribution < -0.4 is 10.6 Å². The van der Waals surface area contributed by atoms with Crippen LogP contribution in [-0.2, 0) is 14.8 Å². The maximum absolute atomic E-state index is 12.8. The summed E-state index contributed by atoms with van der Waals surface area (Å²) in [6.45, 7) is 0.923. The van der Waals surface area contributed by atoms with Gasteiger partial charge < -0.3 is 10.1 Å². The van der Waals surface area contributed by atoms with E-state index in [1.807, 2.05) is 0 Å². The second-order valence-electron chi connectivity index (χ2n) is 7.44. The predicted octanol–water partition coefficient (Wildman–Crippen LogP) is 1.62. The molecule has 10 heteroatoms. The van der Waals surface area contributed by atoms with Crippen molar-refractivity contribution in [2.45, 2.75) is 23.8 Å². The first-order chi connectivity index (χ1) is 14.8. The first-order valence-corrected chi connectivity index (χ1v) is 11.2. The number of nitrogens with zero attached hydrogens (tertiary/aromatic N) is 1. The van der Waals surface area contributed by atoms with Gasteiger partial charge in [0, 0.05) is 31.5 Å². The van der Waals surface area contributed by atoms with E-state index in [0.29, 0.717) is 12.3 Å². The zero-order chi connectivity index (χ0) is 22.2. The number of ether oxygens (including phenoxy) is 1. The minimum Gasteiger partial charge on any atom is -0.377 e. The largest absolute Gasteiger partial charge is 0.377 e. The van der Waals surface area contributed by atoms with Gasteiger partial charge in [-0.15, -0.1) is 0 Å². The minimum atomic E-state index is -3.70. The number of carbonyl (C=O) groups excluding carboxylic acids is 3. The molecule has 4 rings (SSSR count). The number of amides is 3. The number of likely N-dealkylation sites (N-methyl/N-ethyl adjacent to an activating group) is 1. The summed E-state index contributed by atoms with van der Waals surface area (Å²) in [5.41, 5.74) is 1.05. The number of sulfonamides is 1. The van der Waals surface area contributed by atoms with Crippen LogP contribution in [0, 0.1) is 0 Å². The molecule has 162 valence electrons. The lowest BCUT2D eigenvalue weighted by molar-refractivity contribution is 0.0878. The lowest BCUT2D eigenvalue weighted by Crippen LogP contribution is -2.34. The predicted molar refractivity (Wildman–Crippen MR) is 111 cm³/mol. The van der Waals surface area contributed by atoms with E-state index < -0.39 is 27.7 Å². The van der Waals surface area contributed by atoms with Crippen molar-refractivity contribution in [2.24, 2.45) is 0 Å². The van der Waals surface area contributed by atoms with Gasteiger partial charge in [-0.1, -0.05) is 0 Å². The molecule has 2 heterocycles. The number of benzene rings is 2. The van der Waals surface area contributed by atoms with Gasteiger partial charge in [0.15, 0.2) is 0 Å². The molecule has 9 nitrogen and oxygen atoms in total. The fourth-order valence-corrected chi connectivity index (χ4v) is 4.78. The Kier molecular flexibility index (Phi) is 5.61. The fraction of sp³-hybridized carbons (Fsp3) is 0.286. The lowest BCUT2D eigenvalue weighted by Gasteiger charge is -2.20. The van der Waals surface area contributed by atoms with Crippen LogP contribution in [0.15, 0.2) is 47.4 Å². The molecule has 0 unspecified atom stereocenters. The van der Waals surface area contributed by atoms with Crippen LogP contribution in [0.4, 0.5) is 5.69 Å². The Morgan fingerprint density at radius 1 is 1.13 bits per heavy atom. The summed E-state index contributed by atoms with van der Waals surface area (Å²) < 4.78 is 32.3. The molecular formula is C21H21N3O6S. The van der Waals surface area contributed by atoms with Gasteiger partial charge in [-0.2, -0.15) is 4.31 Å².